The number of carbonyl (C=O) groups excluding carboxylic acids is 1. The summed E-state index contributed by atoms with van der Waals surface area (Å²) in [6.07, 6.45) is 0.692. The van der Waals surface area contributed by atoms with Crippen molar-refractivity contribution < 1.29 is 9.90 Å². The molecule has 1 fully saturated rings. The first-order valence-corrected chi connectivity index (χ1v) is 6.87. The van der Waals surface area contributed by atoms with Crippen molar-refractivity contribution in [2.24, 2.45) is 17.6 Å². The highest BCUT2D eigenvalue weighted by molar-refractivity contribution is 6.42. The van der Waals surface area contributed by atoms with E-state index in [0.717, 1.165) is 0 Å². The number of phenolic OH excluding ortho intramolecular Hbond substituents is 1. The number of aromatic hydroxyl groups is 1. The van der Waals surface area contributed by atoms with Crippen LogP contribution in [-0.2, 0) is 4.79 Å². The molecule has 1 aromatic rings. The van der Waals surface area contributed by atoms with E-state index in [4.69, 9.17) is 28.9 Å². The predicted octanol–water partition coefficient (Wildman–Crippen LogP) is 2.47. The van der Waals surface area contributed by atoms with Gasteiger partial charge in [0.05, 0.1) is 10.0 Å². The third kappa shape index (κ3) is 2.81. The van der Waals surface area contributed by atoms with Gasteiger partial charge in [-0.25, -0.2) is 0 Å². The van der Waals surface area contributed by atoms with Gasteiger partial charge in [0.15, 0.2) is 0 Å². The lowest BCUT2D eigenvalue weighted by atomic mass is 9.89. The van der Waals surface area contributed by atoms with Crippen LogP contribution < -0.4 is 11.1 Å². The summed E-state index contributed by atoms with van der Waals surface area (Å²) in [5.74, 6) is -0.275. The SMILES string of the molecule is C[C@@H](C(N)=O)[C@H]1CN[C@@H](c2c(O)ccc(Cl)c2Cl)C1. The third-order valence-corrected chi connectivity index (χ3v) is 4.60. The maximum atomic E-state index is 11.2. The molecule has 0 aliphatic carbocycles. The van der Waals surface area contributed by atoms with Gasteiger partial charge in [0.2, 0.25) is 5.91 Å². The number of amides is 1. The van der Waals surface area contributed by atoms with E-state index in [0.29, 0.717) is 28.6 Å². The first-order chi connectivity index (χ1) is 8.91. The van der Waals surface area contributed by atoms with Gasteiger partial charge in [0, 0.05) is 17.5 Å². The highest BCUT2D eigenvalue weighted by Crippen LogP contribution is 2.41. The third-order valence-electron chi connectivity index (χ3n) is 3.78. The fourth-order valence-electron chi connectivity index (χ4n) is 2.48. The molecule has 2 rings (SSSR count). The minimum Gasteiger partial charge on any atom is -0.508 e. The van der Waals surface area contributed by atoms with E-state index < -0.39 is 0 Å². The van der Waals surface area contributed by atoms with E-state index >= 15 is 0 Å². The van der Waals surface area contributed by atoms with E-state index in [2.05, 4.69) is 5.32 Å². The lowest BCUT2D eigenvalue weighted by molar-refractivity contribution is -0.122. The molecule has 1 aliphatic heterocycles. The van der Waals surface area contributed by atoms with Gasteiger partial charge in [-0.2, -0.15) is 0 Å². The van der Waals surface area contributed by atoms with Crippen LogP contribution in [0.2, 0.25) is 10.0 Å². The zero-order valence-electron chi connectivity index (χ0n) is 10.5. The second kappa shape index (κ2) is 5.57. The topological polar surface area (TPSA) is 75.4 Å². The molecule has 6 heteroatoms. The van der Waals surface area contributed by atoms with Crippen LogP contribution in [0, 0.1) is 11.8 Å². The Hall–Kier alpha value is -0.970. The van der Waals surface area contributed by atoms with Gasteiger partial charge >= 0.3 is 0 Å². The number of benzene rings is 1. The number of rotatable bonds is 3. The highest BCUT2D eigenvalue weighted by atomic mass is 35.5. The molecule has 0 unspecified atom stereocenters. The molecule has 0 radical (unpaired) electrons. The number of carbonyl (C=O) groups is 1. The second-order valence-corrected chi connectivity index (χ2v) is 5.73. The number of phenols is 1. The minimum atomic E-state index is -0.311. The molecule has 0 bridgehead atoms. The summed E-state index contributed by atoms with van der Waals surface area (Å²) in [4.78, 5) is 11.2. The number of halogens is 2. The van der Waals surface area contributed by atoms with E-state index in [-0.39, 0.29) is 29.5 Å². The van der Waals surface area contributed by atoms with Gasteiger partial charge in [0.25, 0.3) is 0 Å². The normalized spacial score (nSPS) is 24.4. The summed E-state index contributed by atoms with van der Waals surface area (Å²) < 4.78 is 0. The molecule has 4 N–H and O–H groups in total. The van der Waals surface area contributed by atoms with Crippen molar-refractivity contribution >= 4 is 29.1 Å². The van der Waals surface area contributed by atoms with Crippen LogP contribution in [0.15, 0.2) is 12.1 Å². The van der Waals surface area contributed by atoms with Crippen molar-refractivity contribution in [3.63, 3.8) is 0 Å². The predicted molar refractivity (Wildman–Crippen MR) is 75.3 cm³/mol. The summed E-state index contributed by atoms with van der Waals surface area (Å²) in [7, 11) is 0. The van der Waals surface area contributed by atoms with E-state index in [1.54, 1.807) is 6.07 Å². The van der Waals surface area contributed by atoms with Gasteiger partial charge in [-0.05, 0) is 31.0 Å². The molecule has 4 nitrogen and oxygen atoms in total. The van der Waals surface area contributed by atoms with E-state index in [9.17, 15) is 9.90 Å². The Bertz CT molecular complexity index is 508. The van der Waals surface area contributed by atoms with Gasteiger partial charge in [0.1, 0.15) is 5.75 Å². The van der Waals surface area contributed by atoms with Crippen molar-refractivity contribution in [3.8, 4) is 5.75 Å². The molecule has 3 atom stereocenters. The van der Waals surface area contributed by atoms with Crippen LogP contribution in [0.25, 0.3) is 0 Å². The van der Waals surface area contributed by atoms with E-state index in [1.807, 2.05) is 6.92 Å². The monoisotopic (exact) mass is 302 g/mol. The Morgan fingerprint density at radius 1 is 1.53 bits per heavy atom. The number of primary amides is 1. The summed E-state index contributed by atoms with van der Waals surface area (Å²) in [6.45, 7) is 2.48. The number of hydrogen-bond donors (Lipinski definition) is 3. The first kappa shape index (κ1) is 14.4. The lowest BCUT2D eigenvalue weighted by Crippen LogP contribution is -2.28. The molecule has 19 heavy (non-hydrogen) atoms. The average molecular weight is 303 g/mol. The van der Waals surface area contributed by atoms with Gasteiger partial charge in [-0.15, -0.1) is 0 Å². The zero-order valence-corrected chi connectivity index (χ0v) is 12.0. The van der Waals surface area contributed by atoms with Crippen LogP contribution in [0.3, 0.4) is 0 Å². The van der Waals surface area contributed by atoms with Crippen LogP contribution in [0.4, 0.5) is 0 Å². The number of hydrogen-bond acceptors (Lipinski definition) is 3. The fourth-order valence-corrected chi connectivity index (χ4v) is 2.94. The van der Waals surface area contributed by atoms with Crippen molar-refractivity contribution in [2.75, 3.05) is 6.54 Å². The quantitative estimate of drug-likeness (QED) is 0.803. The molecular weight excluding hydrogens is 287 g/mol. The highest BCUT2D eigenvalue weighted by Gasteiger charge is 2.33. The van der Waals surface area contributed by atoms with Crippen molar-refractivity contribution in [1.82, 2.24) is 5.32 Å². The van der Waals surface area contributed by atoms with Crippen molar-refractivity contribution in [3.05, 3.63) is 27.7 Å². The average Bonchev–Trinajstić information content (AvgIpc) is 2.82. The number of nitrogens with two attached hydrogens (primary N) is 1. The van der Waals surface area contributed by atoms with Crippen LogP contribution in [0.5, 0.6) is 5.75 Å². The lowest BCUT2D eigenvalue weighted by Gasteiger charge is -2.17. The van der Waals surface area contributed by atoms with Crippen molar-refractivity contribution in [2.45, 2.75) is 19.4 Å². The molecule has 1 aliphatic rings. The second-order valence-electron chi connectivity index (χ2n) is 4.94. The summed E-state index contributed by atoms with van der Waals surface area (Å²) in [6, 6.07) is 2.97. The summed E-state index contributed by atoms with van der Waals surface area (Å²) in [5.41, 5.74) is 5.91. The molecule has 1 aromatic carbocycles. The summed E-state index contributed by atoms with van der Waals surface area (Å²) in [5, 5.41) is 14.0. The Kier molecular flexibility index (Phi) is 4.23. The Balaban J connectivity index is 2.22. The summed E-state index contributed by atoms with van der Waals surface area (Å²) >= 11 is 12.1. The smallest absolute Gasteiger partial charge is 0.220 e. The van der Waals surface area contributed by atoms with Gasteiger partial charge in [-0.3, -0.25) is 4.79 Å². The maximum absolute atomic E-state index is 11.2. The molecular formula is C13H16Cl2N2O2. The van der Waals surface area contributed by atoms with Gasteiger partial charge < -0.3 is 16.2 Å². The number of nitrogens with one attached hydrogen (secondary N) is 1. The molecule has 0 aromatic heterocycles. The minimum absolute atomic E-state index is 0.110. The Morgan fingerprint density at radius 2 is 2.21 bits per heavy atom. The van der Waals surface area contributed by atoms with E-state index in [1.165, 1.54) is 6.07 Å². The van der Waals surface area contributed by atoms with Crippen LogP contribution in [0.1, 0.15) is 24.9 Å². The molecule has 1 saturated heterocycles. The molecule has 1 heterocycles. The molecule has 0 saturated carbocycles. The fraction of sp³-hybridized carbons (Fsp3) is 0.462. The first-order valence-electron chi connectivity index (χ1n) is 6.11. The Labute approximate surface area is 121 Å². The van der Waals surface area contributed by atoms with Crippen molar-refractivity contribution in [1.29, 1.82) is 0 Å². The van der Waals surface area contributed by atoms with Crippen LogP contribution in [-0.4, -0.2) is 17.6 Å². The standard InChI is InChI=1S/C13H16Cl2N2O2/c1-6(13(16)19)7-4-9(17-5-7)11-10(18)3-2-8(14)12(11)15/h2-3,6-7,9,17-18H,4-5H2,1H3,(H2,16,19)/t6-,7-,9-/m1/s1. The largest absolute Gasteiger partial charge is 0.508 e. The molecule has 1 amide bonds. The van der Waals surface area contributed by atoms with Gasteiger partial charge in [-0.1, -0.05) is 30.1 Å². The molecule has 0 spiro atoms. The zero-order chi connectivity index (χ0) is 14.2. The Morgan fingerprint density at radius 3 is 2.84 bits per heavy atom. The maximum Gasteiger partial charge on any atom is 0.220 e. The van der Waals surface area contributed by atoms with Crippen LogP contribution >= 0.6 is 23.2 Å². The molecule has 104 valence electrons.